The summed E-state index contributed by atoms with van der Waals surface area (Å²) in [7, 11) is 0. The number of rotatable bonds is 5. The fourth-order valence-electron chi connectivity index (χ4n) is 3.25. The first-order valence-corrected chi connectivity index (χ1v) is 10.3. The van der Waals surface area contributed by atoms with Crippen LogP contribution in [0, 0.1) is 12.8 Å². The SMILES string of the molecule is CCC.Cc1ccc(C(CC2CCCC2)C(=O)Nc2nccs2)cc1. The Balaban J connectivity index is 0.000000701. The van der Waals surface area contributed by atoms with Crippen LogP contribution in [0.5, 0.6) is 0 Å². The van der Waals surface area contributed by atoms with Crippen molar-refractivity contribution < 1.29 is 4.79 Å². The lowest BCUT2D eigenvalue weighted by Crippen LogP contribution is -2.23. The zero-order chi connectivity index (χ0) is 18.1. The first kappa shape index (κ1) is 19.6. The molecule has 3 rings (SSSR count). The number of nitrogens with one attached hydrogen (secondary N) is 1. The van der Waals surface area contributed by atoms with E-state index in [4.69, 9.17) is 0 Å². The van der Waals surface area contributed by atoms with Crippen molar-refractivity contribution in [3.8, 4) is 0 Å². The van der Waals surface area contributed by atoms with Gasteiger partial charge >= 0.3 is 0 Å². The minimum atomic E-state index is -0.0763. The van der Waals surface area contributed by atoms with Gasteiger partial charge in [0.1, 0.15) is 0 Å². The van der Waals surface area contributed by atoms with Gasteiger partial charge < -0.3 is 5.32 Å². The summed E-state index contributed by atoms with van der Waals surface area (Å²) in [5.41, 5.74) is 2.34. The molecule has 1 amide bonds. The van der Waals surface area contributed by atoms with Crippen molar-refractivity contribution in [3.05, 3.63) is 47.0 Å². The van der Waals surface area contributed by atoms with Gasteiger partial charge in [-0.2, -0.15) is 0 Å². The second kappa shape index (κ2) is 10.3. The molecule has 1 N–H and O–H groups in total. The van der Waals surface area contributed by atoms with Crippen molar-refractivity contribution in [2.24, 2.45) is 5.92 Å². The fourth-order valence-corrected chi connectivity index (χ4v) is 3.78. The van der Waals surface area contributed by atoms with Crippen LogP contribution in [0.4, 0.5) is 5.13 Å². The number of nitrogens with zero attached hydrogens (tertiary/aromatic N) is 1. The van der Waals surface area contributed by atoms with Crippen LogP contribution in [-0.2, 0) is 4.79 Å². The van der Waals surface area contributed by atoms with E-state index >= 15 is 0 Å². The first-order chi connectivity index (χ1) is 12.1. The normalized spacial score (nSPS) is 15.3. The Labute approximate surface area is 155 Å². The molecule has 2 aromatic rings. The number of hydrogen-bond acceptors (Lipinski definition) is 3. The highest BCUT2D eigenvalue weighted by molar-refractivity contribution is 7.13. The van der Waals surface area contributed by atoms with Crippen molar-refractivity contribution in [2.45, 2.75) is 65.2 Å². The second-order valence-electron chi connectivity index (χ2n) is 6.88. The molecule has 0 spiro atoms. The van der Waals surface area contributed by atoms with E-state index in [2.05, 4.69) is 55.3 Å². The third kappa shape index (κ3) is 6.28. The van der Waals surface area contributed by atoms with Crippen molar-refractivity contribution in [3.63, 3.8) is 0 Å². The molecule has 1 aliphatic carbocycles. The first-order valence-electron chi connectivity index (χ1n) is 9.41. The Morgan fingerprint density at radius 2 is 1.88 bits per heavy atom. The van der Waals surface area contributed by atoms with Gasteiger partial charge in [-0.3, -0.25) is 4.79 Å². The topological polar surface area (TPSA) is 42.0 Å². The van der Waals surface area contributed by atoms with E-state index in [1.807, 2.05) is 5.38 Å². The van der Waals surface area contributed by atoms with Crippen molar-refractivity contribution in [2.75, 3.05) is 5.32 Å². The van der Waals surface area contributed by atoms with Crippen molar-refractivity contribution >= 4 is 22.4 Å². The standard InChI is InChI=1S/C18H22N2OS.C3H8/c1-13-6-8-15(9-7-13)16(12-14-4-2-3-5-14)17(21)20-18-19-10-11-22-18;1-3-2/h6-11,14,16H,2-5,12H2,1H3,(H,19,20,21);3H2,1-2H3. The summed E-state index contributed by atoms with van der Waals surface area (Å²) in [5, 5.41) is 5.55. The Morgan fingerprint density at radius 1 is 1.24 bits per heavy atom. The van der Waals surface area contributed by atoms with Gasteiger partial charge in [-0.1, -0.05) is 75.8 Å². The van der Waals surface area contributed by atoms with E-state index in [0.717, 1.165) is 12.0 Å². The summed E-state index contributed by atoms with van der Waals surface area (Å²) >= 11 is 1.47. The summed E-state index contributed by atoms with van der Waals surface area (Å²) in [6, 6.07) is 8.37. The van der Waals surface area contributed by atoms with Crippen LogP contribution in [-0.4, -0.2) is 10.9 Å². The smallest absolute Gasteiger partial charge is 0.233 e. The van der Waals surface area contributed by atoms with Crippen LogP contribution in [0.25, 0.3) is 0 Å². The minimum Gasteiger partial charge on any atom is -0.301 e. The number of aromatic nitrogens is 1. The van der Waals surface area contributed by atoms with Gasteiger partial charge in [0, 0.05) is 11.6 Å². The molecule has 1 heterocycles. The maximum Gasteiger partial charge on any atom is 0.233 e. The van der Waals surface area contributed by atoms with Gasteiger partial charge in [-0.05, 0) is 24.8 Å². The lowest BCUT2D eigenvalue weighted by atomic mass is 9.87. The summed E-state index contributed by atoms with van der Waals surface area (Å²) in [6.45, 7) is 6.32. The molecule has 1 aromatic carbocycles. The molecule has 1 aromatic heterocycles. The van der Waals surface area contributed by atoms with E-state index in [1.165, 1.54) is 49.0 Å². The number of thiazole rings is 1. The molecule has 136 valence electrons. The minimum absolute atomic E-state index is 0.0747. The molecule has 1 unspecified atom stereocenters. The fraction of sp³-hybridized carbons (Fsp3) is 0.524. The average molecular weight is 359 g/mol. The highest BCUT2D eigenvalue weighted by Gasteiger charge is 2.27. The zero-order valence-electron chi connectivity index (χ0n) is 15.6. The third-order valence-electron chi connectivity index (χ3n) is 4.50. The molecule has 1 atom stereocenters. The van der Waals surface area contributed by atoms with Crippen LogP contribution >= 0.6 is 11.3 Å². The summed E-state index contributed by atoms with van der Waals surface area (Å²) < 4.78 is 0. The van der Waals surface area contributed by atoms with E-state index in [0.29, 0.717) is 11.0 Å². The van der Waals surface area contributed by atoms with Crippen LogP contribution in [0.1, 0.15) is 69.4 Å². The van der Waals surface area contributed by atoms with Gasteiger partial charge in [0.15, 0.2) is 5.13 Å². The van der Waals surface area contributed by atoms with Gasteiger partial charge in [0.25, 0.3) is 0 Å². The second-order valence-corrected chi connectivity index (χ2v) is 7.78. The molecule has 1 fully saturated rings. The largest absolute Gasteiger partial charge is 0.301 e. The Hall–Kier alpha value is -1.68. The zero-order valence-corrected chi connectivity index (χ0v) is 16.4. The molecule has 1 aliphatic rings. The average Bonchev–Trinajstić information content (AvgIpc) is 3.28. The van der Waals surface area contributed by atoms with E-state index < -0.39 is 0 Å². The Kier molecular flexibility index (Phi) is 8.13. The Bertz CT molecular complexity index is 616. The number of amides is 1. The number of hydrogen-bond donors (Lipinski definition) is 1. The van der Waals surface area contributed by atoms with Gasteiger partial charge in [0.2, 0.25) is 5.91 Å². The molecule has 1 saturated carbocycles. The van der Waals surface area contributed by atoms with Gasteiger partial charge in [-0.25, -0.2) is 4.98 Å². The van der Waals surface area contributed by atoms with Gasteiger partial charge in [0.05, 0.1) is 5.92 Å². The van der Waals surface area contributed by atoms with Crippen molar-refractivity contribution in [1.82, 2.24) is 4.98 Å². The number of aryl methyl sites for hydroxylation is 1. The van der Waals surface area contributed by atoms with Crippen LogP contribution in [0.2, 0.25) is 0 Å². The van der Waals surface area contributed by atoms with E-state index in [-0.39, 0.29) is 11.8 Å². The number of carbonyl (C=O) groups is 1. The maximum absolute atomic E-state index is 12.7. The van der Waals surface area contributed by atoms with Crippen molar-refractivity contribution in [1.29, 1.82) is 0 Å². The summed E-state index contributed by atoms with van der Waals surface area (Å²) in [4.78, 5) is 16.9. The number of anilines is 1. The molecule has 4 heteroatoms. The molecular weight excluding hydrogens is 328 g/mol. The third-order valence-corrected chi connectivity index (χ3v) is 5.19. The summed E-state index contributed by atoms with van der Waals surface area (Å²) in [6.07, 6.45) is 9.04. The monoisotopic (exact) mass is 358 g/mol. The van der Waals surface area contributed by atoms with Crippen LogP contribution in [0.3, 0.4) is 0 Å². The molecule has 0 bridgehead atoms. The molecule has 25 heavy (non-hydrogen) atoms. The predicted octanol–water partition coefficient (Wildman–Crippen LogP) is 6.17. The Morgan fingerprint density at radius 3 is 2.44 bits per heavy atom. The molecule has 0 saturated heterocycles. The van der Waals surface area contributed by atoms with Crippen LogP contribution < -0.4 is 5.32 Å². The highest BCUT2D eigenvalue weighted by Crippen LogP contribution is 2.35. The molecule has 0 radical (unpaired) electrons. The van der Waals surface area contributed by atoms with Crippen LogP contribution in [0.15, 0.2) is 35.8 Å². The predicted molar refractivity (Wildman–Crippen MR) is 107 cm³/mol. The lowest BCUT2D eigenvalue weighted by molar-refractivity contribution is -0.118. The molecular formula is C21H30N2OS. The quantitative estimate of drug-likeness (QED) is 0.694. The van der Waals surface area contributed by atoms with E-state index in [1.54, 1.807) is 6.20 Å². The molecule has 0 aliphatic heterocycles. The van der Waals surface area contributed by atoms with Gasteiger partial charge in [-0.15, -0.1) is 11.3 Å². The summed E-state index contributed by atoms with van der Waals surface area (Å²) in [5.74, 6) is 0.673. The number of benzene rings is 1. The maximum atomic E-state index is 12.7. The highest BCUT2D eigenvalue weighted by atomic mass is 32.1. The molecule has 3 nitrogen and oxygen atoms in total. The van der Waals surface area contributed by atoms with E-state index in [9.17, 15) is 4.79 Å². The number of carbonyl (C=O) groups excluding carboxylic acids is 1. The lowest BCUT2D eigenvalue weighted by Gasteiger charge is -2.20.